The molecule has 2 heterocycles. The molecule has 1 aliphatic heterocycles. The standard InChI is InChI=1S/C26H27NO4/c1-26(2,3)22-14-18(13-20-21(25(28)29-4)16-30-23(20)22)19-11-8-12-27-24(19)31-15-17-9-6-5-7-10-17/h5-14,21H,15-16H2,1-4H3. The van der Waals surface area contributed by atoms with Crippen LogP contribution in [-0.2, 0) is 21.6 Å². The maximum atomic E-state index is 12.4. The molecule has 1 unspecified atom stereocenters. The Morgan fingerprint density at radius 3 is 2.61 bits per heavy atom. The van der Waals surface area contributed by atoms with E-state index in [0.29, 0.717) is 19.1 Å². The fourth-order valence-corrected chi connectivity index (χ4v) is 3.83. The zero-order valence-corrected chi connectivity index (χ0v) is 18.3. The minimum atomic E-state index is -0.439. The molecule has 5 nitrogen and oxygen atoms in total. The highest BCUT2D eigenvalue weighted by atomic mass is 16.5. The fraction of sp³-hybridized carbons (Fsp3) is 0.308. The molecule has 1 aromatic heterocycles. The molecule has 0 aliphatic carbocycles. The van der Waals surface area contributed by atoms with Gasteiger partial charge >= 0.3 is 5.97 Å². The lowest BCUT2D eigenvalue weighted by Crippen LogP contribution is -2.15. The number of methoxy groups -OCH3 is 1. The number of aromatic nitrogens is 1. The number of fused-ring (bicyclic) bond motifs is 1. The van der Waals surface area contributed by atoms with Gasteiger partial charge in [0, 0.05) is 22.9 Å². The quantitative estimate of drug-likeness (QED) is 0.529. The van der Waals surface area contributed by atoms with Crippen LogP contribution >= 0.6 is 0 Å². The van der Waals surface area contributed by atoms with Crippen LogP contribution < -0.4 is 9.47 Å². The van der Waals surface area contributed by atoms with Gasteiger partial charge in [0.2, 0.25) is 5.88 Å². The first-order valence-electron chi connectivity index (χ1n) is 10.4. The Morgan fingerprint density at radius 2 is 1.90 bits per heavy atom. The molecule has 5 heteroatoms. The number of hydrogen-bond donors (Lipinski definition) is 0. The molecule has 4 rings (SSSR count). The second kappa shape index (κ2) is 8.42. The molecule has 0 radical (unpaired) electrons. The van der Waals surface area contributed by atoms with Gasteiger partial charge in [-0.05, 0) is 40.8 Å². The Kier molecular flexibility index (Phi) is 5.68. The van der Waals surface area contributed by atoms with Crippen molar-refractivity contribution < 1.29 is 19.0 Å². The lowest BCUT2D eigenvalue weighted by Gasteiger charge is -2.23. The second-order valence-corrected chi connectivity index (χ2v) is 8.71. The number of esters is 1. The lowest BCUT2D eigenvalue weighted by atomic mass is 9.82. The number of benzene rings is 2. The smallest absolute Gasteiger partial charge is 0.316 e. The number of rotatable bonds is 5. The van der Waals surface area contributed by atoms with Crippen molar-refractivity contribution in [2.24, 2.45) is 0 Å². The first kappa shape index (κ1) is 20.9. The van der Waals surface area contributed by atoms with Gasteiger partial charge < -0.3 is 14.2 Å². The van der Waals surface area contributed by atoms with E-state index in [9.17, 15) is 4.79 Å². The largest absolute Gasteiger partial charge is 0.492 e. The van der Waals surface area contributed by atoms with Crippen molar-refractivity contribution in [3.8, 4) is 22.8 Å². The molecular formula is C26H27NO4. The molecule has 0 spiro atoms. The molecule has 0 fully saturated rings. The van der Waals surface area contributed by atoms with E-state index in [0.717, 1.165) is 33.6 Å². The Labute approximate surface area is 183 Å². The maximum Gasteiger partial charge on any atom is 0.316 e. The summed E-state index contributed by atoms with van der Waals surface area (Å²) in [5, 5.41) is 0. The molecule has 0 saturated carbocycles. The SMILES string of the molecule is COC(=O)C1COc2c1cc(-c1cccnc1OCc1ccccc1)cc2C(C)(C)C. The van der Waals surface area contributed by atoms with Gasteiger partial charge in [-0.15, -0.1) is 0 Å². The van der Waals surface area contributed by atoms with Gasteiger partial charge in [-0.1, -0.05) is 51.1 Å². The lowest BCUT2D eigenvalue weighted by molar-refractivity contribution is -0.142. The molecule has 1 aliphatic rings. The highest BCUT2D eigenvalue weighted by molar-refractivity contribution is 5.83. The van der Waals surface area contributed by atoms with Crippen molar-refractivity contribution in [1.82, 2.24) is 4.98 Å². The molecule has 0 bridgehead atoms. The minimum absolute atomic E-state index is 0.168. The second-order valence-electron chi connectivity index (χ2n) is 8.71. The van der Waals surface area contributed by atoms with Crippen LogP contribution in [0.4, 0.5) is 0 Å². The molecule has 160 valence electrons. The topological polar surface area (TPSA) is 57.7 Å². The average molecular weight is 418 g/mol. The molecular weight excluding hydrogens is 390 g/mol. The third-order valence-corrected chi connectivity index (χ3v) is 5.48. The van der Waals surface area contributed by atoms with Crippen molar-refractivity contribution in [2.45, 2.75) is 38.7 Å². The Hall–Kier alpha value is -3.34. The van der Waals surface area contributed by atoms with E-state index in [1.165, 1.54) is 7.11 Å². The highest BCUT2D eigenvalue weighted by Crippen LogP contribution is 2.45. The van der Waals surface area contributed by atoms with Gasteiger partial charge in [-0.2, -0.15) is 0 Å². The fourth-order valence-electron chi connectivity index (χ4n) is 3.83. The molecule has 0 saturated heterocycles. The Bertz CT molecular complexity index is 1090. The molecule has 0 N–H and O–H groups in total. The predicted molar refractivity (Wildman–Crippen MR) is 119 cm³/mol. The Morgan fingerprint density at radius 1 is 1.13 bits per heavy atom. The summed E-state index contributed by atoms with van der Waals surface area (Å²) in [7, 11) is 1.41. The average Bonchev–Trinajstić information content (AvgIpc) is 3.20. The van der Waals surface area contributed by atoms with Crippen LogP contribution in [0.2, 0.25) is 0 Å². The summed E-state index contributed by atoms with van der Waals surface area (Å²) in [5.41, 5.74) is 4.62. The van der Waals surface area contributed by atoms with Crippen LogP contribution in [0.1, 0.15) is 43.4 Å². The van der Waals surface area contributed by atoms with Crippen LogP contribution in [0.25, 0.3) is 11.1 Å². The third kappa shape index (κ3) is 4.26. The van der Waals surface area contributed by atoms with Crippen molar-refractivity contribution in [3.63, 3.8) is 0 Å². The van der Waals surface area contributed by atoms with E-state index in [4.69, 9.17) is 14.2 Å². The van der Waals surface area contributed by atoms with Crippen LogP contribution in [-0.4, -0.2) is 24.7 Å². The Balaban J connectivity index is 1.78. The first-order chi connectivity index (χ1) is 14.9. The summed E-state index contributed by atoms with van der Waals surface area (Å²) < 4.78 is 17.1. The molecule has 31 heavy (non-hydrogen) atoms. The van der Waals surface area contributed by atoms with E-state index >= 15 is 0 Å². The molecule has 2 aromatic carbocycles. The number of hydrogen-bond acceptors (Lipinski definition) is 5. The summed E-state index contributed by atoms with van der Waals surface area (Å²) >= 11 is 0. The summed E-state index contributed by atoms with van der Waals surface area (Å²) in [5.74, 6) is 0.607. The summed E-state index contributed by atoms with van der Waals surface area (Å²) in [6, 6.07) is 18.0. The third-order valence-electron chi connectivity index (χ3n) is 5.48. The van der Waals surface area contributed by atoms with Crippen molar-refractivity contribution in [1.29, 1.82) is 0 Å². The van der Waals surface area contributed by atoms with Crippen molar-refractivity contribution in [3.05, 3.63) is 77.5 Å². The summed E-state index contributed by atoms with van der Waals surface area (Å²) in [6.07, 6.45) is 1.72. The van der Waals surface area contributed by atoms with Crippen LogP contribution in [0.5, 0.6) is 11.6 Å². The van der Waals surface area contributed by atoms with E-state index in [1.54, 1.807) is 6.20 Å². The van der Waals surface area contributed by atoms with Crippen molar-refractivity contribution in [2.75, 3.05) is 13.7 Å². The number of carbonyl (C=O) groups is 1. The van der Waals surface area contributed by atoms with Gasteiger partial charge in [0.05, 0.1) is 7.11 Å². The number of ether oxygens (including phenoxy) is 3. The van der Waals surface area contributed by atoms with Crippen molar-refractivity contribution >= 4 is 5.97 Å². The van der Waals surface area contributed by atoms with Gasteiger partial charge in [0.25, 0.3) is 0 Å². The monoisotopic (exact) mass is 417 g/mol. The van der Waals surface area contributed by atoms with E-state index in [2.05, 4.69) is 31.8 Å². The van der Waals surface area contributed by atoms with Gasteiger partial charge in [0.1, 0.15) is 24.9 Å². The van der Waals surface area contributed by atoms with Crippen LogP contribution in [0.15, 0.2) is 60.8 Å². The minimum Gasteiger partial charge on any atom is -0.492 e. The highest BCUT2D eigenvalue weighted by Gasteiger charge is 2.36. The summed E-state index contributed by atoms with van der Waals surface area (Å²) in [4.78, 5) is 16.9. The van der Waals surface area contributed by atoms with E-state index in [-0.39, 0.29) is 11.4 Å². The molecule has 1 atom stereocenters. The van der Waals surface area contributed by atoms with Gasteiger partial charge in [0.15, 0.2) is 0 Å². The normalized spacial score (nSPS) is 15.2. The maximum absolute atomic E-state index is 12.4. The molecule has 3 aromatic rings. The zero-order chi connectivity index (χ0) is 22.0. The number of pyridine rings is 1. The van der Waals surface area contributed by atoms with Crippen LogP contribution in [0.3, 0.4) is 0 Å². The number of carbonyl (C=O) groups excluding carboxylic acids is 1. The summed E-state index contributed by atoms with van der Waals surface area (Å²) in [6.45, 7) is 7.13. The zero-order valence-electron chi connectivity index (χ0n) is 18.3. The number of nitrogens with zero attached hydrogens (tertiary/aromatic N) is 1. The van der Waals surface area contributed by atoms with Gasteiger partial charge in [-0.3, -0.25) is 4.79 Å². The first-order valence-corrected chi connectivity index (χ1v) is 10.4. The molecule has 0 amide bonds. The van der Waals surface area contributed by atoms with E-state index < -0.39 is 5.92 Å². The van der Waals surface area contributed by atoms with Gasteiger partial charge in [-0.25, -0.2) is 4.98 Å². The predicted octanol–water partition coefficient (Wildman–Crippen LogP) is 5.27. The van der Waals surface area contributed by atoms with E-state index in [1.807, 2.05) is 48.5 Å². The van der Waals surface area contributed by atoms with Crippen LogP contribution in [0, 0.1) is 0 Å².